The van der Waals surface area contributed by atoms with Gasteiger partial charge in [0.2, 0.25) is 0 Å². The molecular formula is C22H16N4NaO11S3+. The second kappa shape index (κ2) is 11.9. The first-order valence-corrected chi connectivity index (χ1v) is 14.8. The Morgan fingerprint density at radius 2 is 0.976 bits per heavy atom. The predicted octanol–water partition coefficient (Wildman–Crippen LogP) is 1.83. The van der Waals surface area contributed by atoms with E-state index in [1.165, 1.54) is 36.4 Å². The van der Waals surface area contributed by atoms with Crippen molar-refractivity contribution in [3.05, 3.63) is 66.7 Å². The summed E-state index contributed by atoms with van der Waals surface area (Å²) in [6.45, 7) is 0. The van der Waals surface area contributed by atoms with E-state index in [9.17, 15) is 44.6 Å². The van der Waals surface area contributed by atoms with E-state index < -0.39 is 62.7 Å². The van der Waals surface area contributed by atoms with Crippen molar-refractivity contribution in [3.8, 4) is 11.5 Å². The predicted molar refractivity (Wildman–Crippen MR) is 138 cm³/mol. The zero-order valence-corrected chi connectivity index (χ0v) is 25.0. The van der Waals surface area contributed by atoms with E-state index in [-0.39, 0.29) is 51.2 Å². The van der Waals surface area contributed by atoms with Crippen LogP contribution in [-0.4, -0.2) is 49.1 Å². The molecule has 19 heteroatoms. The monoisotopic (exact) mass is 631 g/mol. The molecule has 0 bridgehead atoms. The molecule has 0 radical (unpaired) electrons. The van der Waals surface area contributed by atoms with Gasteiger partial charge >= 0.3 is 29.6 Å². The Morgan fingerprint density at radius 3 is 1.41 bits per heavy atom. The number of azo groups is 2. The Balaban J connectivity index is 0.00000462. The van der Waals surface area contributed by atoms with E-state index >= 15 is 0 Å². The smallest absolute Gasteiger partial charge is 0.507 e. The van der Waals surface area contributed by atoms with Gasteiger partial charge in [-0.05, 0) is 66.0 Å². The van der Waals surface area contributed by atoms with Crippen molar-refractivity contribution in [2.24, 2.45) is 20.5 Å². The summed E-state index contributed by atoms with van der Waals surface area (Å²) in [5.41, 5.74) is -0.0256. The van der Waals surface area contributed by atoms with Gasteiger partial charge in [-0.25, -0.2) is 0 Å². The van der Waals surface area contributed by atoms with Crippen molar-refractivity contribution in [2.75, 3.05) is 0 Å². The molecule has 15 nitrogen and oxygen atoms in total. The maximum Gasteiger partial charge on any atom is 1.00 e. The first-order chi connectivity index (χ1) is 18.5. The summed E-state index contributed by atoms with van der Waals surface area (Å²) in [4.78, 5) is -2.06. The molecule has 0 saturated carbocycles. The second-order valence-electron chi connectivity index (χ2n) is 7.95. The standard InChI is InChI=1S/C22H16N4O11S3.Na/c27-18-11-17(39(32,33)34)9-12-10-19(40(35,36)37)21(22(28)20(12)18)26-25-14-3-1-13(2-4-14)23-24-15-5-7-16(8-6-15)38(29,30)31;/h1-11,27-28H,(H,29,30,31)(H,32,33,34)(H,35,36,37);/q;+1. The number of hydrogen-bond acceptors (Lipinski definition) is 12. The summed E-state index contributed by atoms with van der Waals surface area (Å²) in [7, 11) is -14.2. The topological polar surface area (TPSA) is 253 Å². The first-order valence-electron chi connectivity index (χ1n) is 10.5. The maximum absolute atomic E-state index is 12.0. The molecule has 0 atom stereocenters. The molecule has 0 heterocycles. The van der Waals surface area contributed by atoms with Crippen molar-refractivity contribution in [1.82, 2.24) is 0 Å². The molecule has 0 amide bonds. The van der Waals surface area contributed by atoms with Crippen LogP contribution in [0.3, 0.4) is 0 Å². The van der Waals surface area contributed by atoms with Crippen LogP contribution >= 0.6 is 0 Å². The molecule has 4 aromatic rings. The van der Waals surface area contributed by atoms with E-state index in [1.54, 1.807) is 0 Å². The average molecular weight is 632 g/mol. The van der Waals surface area contributed by atoms with Crippen LogP contribution in [0.5, 0.6) is 11.5 Å². The Morgan fingerprint density at radius 1 is 0.537 bits per heavy atom. The van der Waals surface area contributed by atoms with Crippen LogP contribution in [0.25, 0.3) is 10.8 Å². The molecule has 0 aliphatic rings. The molecule has 0 aliphatic carbocycles. The third kappa shape index (κ3) is 7.50. The fraction of sp³-hybridized carbons (Fsp3) is 0. The largest absolute Gasteiger partial charge is 1.00 e. The van der Waals surface area contributed by atoms with E-state index in [0.29, 0.717) is 11.8 Å². The summed E-state index contributed by atoms with van der Waals surface area (Å²) in [6, 6.07) is 12.7. The summed E-state index contributed by atoms with van der Waals surface area (Å²) in [5.74, 6) is -1.78. The van der Waals surface area contributed by atoms with Gasteiger partial charge in [0.05, 0.1) is 32.2 Å². The van der Waals surface area contributed by atoms with Crippen LogP contribution in [0.15, 0.2) is 102 Å². The van der Waals surface area contributed by atoms with Crippen molar-refractivity contribution < 1.29 is 78.7 Å². The first kappa shape index (κ1) is 32.2. The maximum atomic E-state index is 12.0. The third-order valence-electron chi connectivity index (χ3n) is 5.21. The van der Waals surface area contributed by atoms with Gasteiger partial charge in [-0.15, -0.1) is 5.11 Å². The van der Waals surface area contributed by atoms with Gasteiger partial charge in [-0.1, -0.05) is 0 Å². The van der Waals surface area contributed by atoms with Crippen LogP contribution in [0.2, 0.25) is 0 Å². The summed E-state index contributed by atoms with van der Waals surface area (Å²) < 4.78 is 96.9. The van der Waals surface area contributed by atoms with Crippen LogP contribution in [-0.2, 0) is 30.4 Å². The van der Waals surface area contributed by atoms with Crippen molar-refractivity contribution in [3.63, 3.8) is 0 Å². The van der Waals surface area contributed by atoms with E-state index in [4.69, 9.17) is 4.55 Å². The Bertz CT molecular complexity index is 2030. The van der Waals surface area contributed by atoms with Gasteiger partial charge in [0, 0.05) is 6.07 Å². The van der Waals surface area contributed by atoms with Crippen LogP contribution in [0.4, 0.5) is 22.7 Å². The molecule has 0 fully saturated rings. The fourth-order valence-electron chi connectivity index (χ4n) is 3.37. The number of fused-ring (bicyclic) bond motifs is 1. The quantitative estimate of drug-likeness (QED) is 0.112. The SMILES string of the molecule is O=S(=O)(O)c1ccc(N=Nc2ccc(N=Nc3c(S(=O)(=O)O)cc4cc(S(=O)(=O)O)cc(O)c4c3O)cc2)cc1.[Na+]. The number of phenolic OH excluding ortho intramolecular Hbond substituents is 2. The van der Waals surface area contributed by atoms with Crippen LogP contribution in [0, 0.1) is 0 Å². The van der Waals surface area contributed by atoms with Gasteiger partial charge in [-0.3, -0.25) is 13.7 Å². The minimum atomic E-state index is -5.05. The number of rotatable bonds is 7. The molecule has 4 aromatic carbocycles. The number of aromatic hydroxyl groups is 2. The van der Waals surface area contributed by atoms with Gasteiger partial charge in [0.15, 0.2) is 5.75 Å². The molecule has 0 unspecified atom stereocenters. The van der Waals surface area contributed by atoms with Gasteiger partial charge in [-0.2, -0.15) is 40.6 Å². The van der Waals surface area contributed by atoms with E-state index in [2.05, 4.69) is 20.5 Å². The number of benzene rings is 4. The normalized spacial score (nSPS) is 12.7. The van der Waals surface area contributed by atoms with Crippen molar-refractivity contribution in [1.29, 1.82) is 0 Å². The molecular weight excluding hydrogens is 615 g/mol. The van der Waals surface area contributed by atoms with Crippen molar-refractivity contribution in [2.45, 2.75) is 14.7 Å². The molecule has 4 rings (SSSR count). The van der Waals surface area contributed by atoms with Gasteiger partial charge in [0.1, 0.15) is 16.3 Å². The van der Waals surface area contributed by atoms with Crippen molar-refractivity contribution >= 4 is 63.9 Å². The number of nitrogens with zero attached hydrogens (tertiary/aromatic N) is 4. The zero-order chi connectivity index (χ0) is 29.5. The fourth-order valence-corrected chi connectivity index (χ4v) is 5.05. The van der Waals surface area contributed by atoms with Gasteiger partial charge < -0.3 is 10.2 Å². The summed E-state index contributed by atoms with van der Waals surface area (Å²) in [5, 5.41) is 35.5. The average Bonchev–Trinajstić information content (AvgIpc) is 2.85. The Labute approximate surface area is 254 Å². The number of hydrogen-bond donors (Lipinski definition) is 5. The minimum Gasteiger partial charge on any atom is -0.507 e. The molecule has 0 spiro atoms. The van der Waals surface area contributed by atoms with Gasteiger partial charge in [0.25, 0.3) is 30.4 Å². The molecule has 0 aliphatic heterocycles. The molecule has 0 saturated heterocycles. The molecule has 208 valence electrons. The van der Waals surface area contributed by atoms with E-state index in [0.717, 1.165) is 24.3 Å². The zero-order valence-electron chi connectivity index (χ0n) is 20.6. The summed E-state index contributed by atoms with van der Waals surface area (Å²) in [6.07, 6.45) is 0. The molecule has 5 N–H and O–H groups in total. The number of phenols is 2. The second-order valence-corrected chi connectivity index (χ2v) is 12.2. The minimum absolute atomic E-state index is 0. The summed E-state index contributed by atoms with van der Waals surface area (Å²) >= 11 is 0. The molecule has 0 aromatic heterocycles. The third-order valence-corrected chi connectivity index (χ3v) is 7.78. The Kier molecular flexibility index (Phi) is 9.33. The Hall–Kier alpha value is -3.33. The van der Waals surface area contributed by atoms with Crippen LogP contribution < -0.4 is 29.6 Å². The molecule has 41 heavy (non-hydrogen) atoms. The van der Waals surface area contributed by atoms with Crippen LogP contribution in [0.1, 0.15) is 0 Å². The van der Waals surface area contributed by atoms with E-state index in [1.807, 2.05) is 0 Å².